The molecule has 0 aliphatic rings. The molecule has 0 aliphatic heterocycles. The number of phenols is 1. The van der Waals surface area contributed by atoms with E-state index in [1.165, 1.54) is 11.3 Å². The fourth-order valence-corrected chi connectivity index (χ4v) is 1.75. The molecular weight excluding hydrogens is 174 g/mol. The third kappa shape index (κ3) is 1.06. The van der Waals surface area contributed by atoms with E-state index in [-0.39, 0.29) is 5.75 Å². The van der Waals surface area contributed by atoms with Gasteiger partial charge in [0.15, 0.2) is 11.3 Å². The number of aldehydes is 1. The number of aromatic hydroxyl groups is 1. The van der Waals surface area contributed by atoms with Gasteiger partial charge in [-0.05, 0) is 12.1 Å². The van der Waals surface area contributed by atoms with E-state index >= 15 is 0 Å². The number of hydrogen-bond donors (Lipinski definition) is 1. The van der Waals surface area contributed by atoms with E-state index in [0.29, 0.717) is 16.8 Å². The van der Waals surface area contributed by atoms with Gasteiger partial charge in [-0.3, -0.25) is 4.79 Å². The van der Waals surface area contributed by atoms with Crippen molar-refractivity contribution in [1.29, 1.82) is 0 Å². The summed E-state index contributed by atoms with van der Waals surface area (Å²) in [5.74, 6) is 0.172. The summed E-state index contributed by atoms with van der Waals surface area (Å²) >= 11 is 1.32. The maximum atomic E-state index is 10.3. The van der Waals surface area contributed by atoms with Crippen molar-refractivity contribution in [3.05, 3.63) is 23.2 Å². The fourth-order valence-electron chi connectivity index (χ4n) is 0.984. The lowest BCUT2D eigenvalue weighted by atomic mass is 10.3. The first-order valence-corrected chi connectivity index (χ1v) is 4.16. The molecule has 0 bridgehead atoms. The number of phenolic OH excluding ortho intramolecular Hbond substituents is 1. The van der Waals surface area contributed by atoms with Crippen molar-refractivity contribution in [3.8, 4) is 5.75 Å². The van der Waals surface area contributed by atoms with E-state index in [2.05, 4.69) is 4.98 Å². The summed E-state index contributed by atoms with van der Waals surface area (Å²) in [5.41, 5.74) is 0.669. The van der Waals surface area contributed by atoms with Gasteiger partial charge in [0, 0.05) is 6.07 Å². The van der Waals surface area contributed by atoms with Crippen LogP contribution in [0.2, 0.25) is 0 Å². The van der Waals surface area contributed by atoms with Gasteiger partial charge in [-0.1, -0.05) is 0 Å². The molecule has 0 fully saturated rings. The number of thiazole rings is 1. The molecule has 0 spiro atoms. The summed E-state index contributed by atoms with van der Waals surface area (Å²) in [6.07, 6.45) is 0.710. The van der Waals surface area contributed by atoms with Crippen LogP contribution in [0.1, 0.15) is 9.80 Å². The summed E-state index contributed by atoms with van der Waals surface area (Å²) in [7, 11) is 0. The highest BCUT2D eigenvalue weighted by Crippen LogP contribution is 2.24. The standard InChI is InChI=1S/C8H5NO2S/c10-4-8-9-6-3-5(11)1-2-7(6)12-8/h1-4,11H. The van der Waals surface area contributed by atoms with Gasteiger partial charge in [-0.25, -0.2) is 4.98 Å². The van der Waals surface area contributed by atoms with Crippen LogP contribution in [0.4, 0.5) is 0 Å². The summed E-state index contributed by atoms with van der Waals surface area (Å²) in [4.78, 5) is 14.3. The molecule has 0 aliphatic carbocycles. The molecule has 0 saturated carbocycles. The summed E-state index contributed by atoms with van der Waals surface area (Å²) in [6.45, 7) is 0. The van der Waals surface area contributed by atoms with Crippen LogP contribution in [0.25, 0.3) is 10.2 Å². The van der Waals surface area contributed by atoms with Gasteiger partial charge in [-0.2, -0.15) is 0 Å². The minimum atomic E-state index is 0.172. The Kier molecular flexibility index (Phi) is 1.55. The van der Waals surface area contributed by atoms with Gasteiger partial charge in [0.05, 0.1) is 10.2 Å². The van der Waals surface area contributed by atoms with Crippen molar-refractivity contribution in [2.45, 2.75) is 0 Å². The van der Waals surface area contributed by atoms with E-state index in [4.69, 9.17) is 5.11 Å². The number of hydrogen-bond acceptors (Lipinski definition) is 4. The minimum Gasteiger partial charge on any atom is -0.508 e. The average Bonchev–Trinajstić information content (AvgIpc) is 2.46. The van der Waals surface area contributed by atoms with Crippen molar-refractivity contribution < 1.29 is 9.90 Å². The summed E-state index contributed by atoms with van der Waals surface area (Å²) < 4.78 is 0.912. The Hall–Kier alpha value is -1.42. The van der Waals surface area contributed by atoms with Crippen LogP contribution in [0.3, 0.4) is 0 Å². The Bertz CT molecular complexity index is 436. The van der Waals surface area contributed by atoms with Crippen LogP contribution in [-0.2, 0) is 0 Å². The number of rotatable bonds is 1. The zero-order chi connectivity index (χ0) is 8.55. The number of fused-ring (bicyclic) bond motifs is 1. The van der Waals surface area contributed by atoms with E-state index < -0.39 is 0 Å². The Morgan fingerprint density at radius 3 is 3.08 bits per heavy atom. The number of aromatic nitrogens is 1. The van der Waals surface area contributed by atoms with Gasteiger partial charge in [0.1, 0.15) is 5.75 Å². The maximum Gasteiger partial charge on any atom is 0.178 e. The molecule has 1 heterocycles. The van der Waals surface area contributed by atoms with Crippen molar-refractivity contribution in [3.63, 3.8) is 0 Å². The highest BCUT2D eigenvalue weighted by molar-refractivity contribution is 7.20. The Morgan fingerprint density at radius 2 is 2.33 bits per heavy atom. The molecule has 60 valence electrons. The predicted molar refractivity (Wildman–Crippen MR) is 46.7 cm³/mol. The van der Waals surface area contributed by atoms with Gasteiger partial charge in [0.25, 0.3) is 0 Å². The molecule has 4 heteroatoms. The highest BCUT2D eigenvalue weighted by atomic mass is 32.1. The maximum absolute atomic E-state index is 10.3. The van der Waals surface area contributed by atoms with Crippen LogP contribution in [-0.4, -0.2) is 16.4 Å². The van der Waals surface area contributed by atoms with E-state index in [1.807, 2.05) is 0 Å². The quantitative estimate of drug-likeness (QED) is 0.679. The number of benzene rings is 1. The number of carbonyl (C=O) groups is 1. The summed E-state index contributed by atoms with van der Waals surface area (Å²) in [6, 6.07) is 4.86. The smallest absolute Gasteiger partial charge is 0.178 e. The zero-order valence-electron chi connectivity index (χ0n) is 6.02. The molecule has 1 aromatic carbocycles. The van der Waals surface area contributed by atoms with Gasteiger partial charge in [0.2, 0.25) is 0 Å². The molecule has 2 rings (SSSR count). The molecule has 1 N–H and O–H groups in total. The molecule has 0 amide bonds. The molecule has 0 saturated heterocycles. The molecule has 3 nitrogen and oxygen atoms in total. The van der Waals surface area contributed by atoms with Crippen LogP contribution in [0.5, 0.6) is 5.75 Å². The van der Waals surface area contributed by atoms with Crippen LogP contribution in [0.15, 0.2) is 18.2 Å². The van der Waals surface area contributed by atoms with Crippen LogP contribution < -0.4 is 0 Å². The molecule has 12 heavy (non-hydrogen) atoms. The second-order valence-electron chi connectivity index (χ2n) is 2.32. The lowest BCUT2D eigenvalue weighted by Gasteiger charge is -1.87. The zero-order valence-corrected chi connectivity index (χ0v) is 6.84. The first-order chi connectivity index (χ1) is 5.79. The molecule has 1 aromatic heterocycles. The van der Waals surface area contributed by atoms with Crippen molar-refractivity contribution in [2.24, 2.45) is 0 Å². The lowest BCUT2D eigenvalue weighted by molar-refractivity contribution is 0.112. The molecule has 0 atom stereocenters. The number of carbonyl (C=O) groups excluding carboxylic acids is 1. The second-order valence-corrected chi connectivity index (χ2v) is 3.38. The van der Waals surface area contributed by atoms with E-state index in [9.17, 15) is 4.79 Å². The number of nitrogens with zero attached hydrogens (tertiary/aromatic N) is 1. The minimum absolute atomic E-state index is 0.172. The van der Waals surface area contributed by atoms with Crippen molar-refractivity contribution >= 4 is 27.8 Å². The van der Waals surface area contributed by atoms with Gasteiger partial charge in [-0.15, -0.1) is 11.3 Å². The molecule has 2 aromatic rings. The fraction of sp³-hybridized carbons (Fsp3) is 0. The molecule has 0 unspecified atom stereocenters. The summed E-state index contributed by atoms with van der Waals surface area (Å²) in [5, 5.41) is 9.53. The molecule has 0 radical (unpaired) electrons. The molecular formula is C8H5NO2S. The van der Waals surface area contributed by atoms with Crippen LogP contribution >= 0.6 is 11.3 Å². The Balaban J connectivity index is 2.75. The van der Waals surface area contributed by atoms with Crippen molar-refractivity contribution in [2.75, 3.05) is 0 Å². The lowest BCUT2D eigenvalue weighted by Crippen LogP contribution is -1.73. The highest BCUT2D eigenvalue weighted by Gasteiger charge is 2.02. The van der Waals surface area contributed by atoms with E-state index in [0.717, 1.165) is 4.70 Å². The first-order valence-electron chi connectivity index (χ1n) is 3.34. The van der Waals surface area contributed by atoms with Gasteiger partial charge < -0.3 is 5.11 Å². The Morgan fingerprint density at radius 1 is 1.50 bits per heavy atom. The average molecular weight is 179 g/mol. The predicted octanol–water partition coefficient (Wildman–Crippen LogP) is 1.81. The normalized spacial score (nSPS) is 10.3. The van der Waals surface area contributed by atoms with Crippen LogP contribution in [0, 0.1) is 0 Å². The van der Waals surface area contributed by atoms with Gasteiger partial charge >= 0.3 is 0 Å². The Labute approximate surface area is 72.3 Å². The second kappa shape index (κ2) is 2.57. The topological polar surface area (TPSA) is 50.2 Å². The SMILES string of the molecule is O=Cc1nc2cc(O)ccc2s1. The monoisotopic (exact) mass is 179 g/mol. The largest absolute Gasteiger partial charge is 0.508 e. The third-order valence-electron chi connectivity index (χ3n) is 1.49. The van der Waals surface area contributed by atoms with Crippen molar-refractivity contribution in [1.82, 2.24) is 4.98 Å². The first kappa shape index (κ1) is 7.24. The van der Waals surface area contributed by atoms with E-state index in [1.54, 1.807) is 18.2 Å². The third-order valence-corrected chi connectivity index (χ3v) is 2.45.